The second-order valence-electron chi connectivity index (χ2n) is 8.17. The lowest BCUT2D eigenvalue weighted by Gasteiger charge is -2.38. The minimum Gasteiger partial charge on any atom is -0.356 e. The molecule has 2 unspecified atom stereocenters. The molecule has 0 N–H and O–H groups in total. The highest BCUT2D eigenvalue weighted by atomic mass is 32.2. The fourth-order valence-corrected chi connectivity index (χ4v) is 6.96. The van der Waals surface area contributed by atoms with E-state index in [1.807, 2.05) is 40.7 Å². The minimum atomic E-state index is -0.259. The van der Waals surface area contributed by atoms with Crippen LogP contribution in [0.4, 0.5) is 5.82 Å². The zero-order valence-electron chi connectivity index (χ0n) is 16.1. The maximum absolute atomic E-state index is 13.6. The first-order chi connectivity index (χ1) is 14.3. The molecule has 1 amide bonds. The summed E-state index contributed by atoms with van der Waals surface area (Å²) in [7, 11) is 0. The summed E-state index contributed by atoms with van der Waals surface area (Å²) in [6.07, 6.45) is 7.56. The Kier molecular flexibility index (Phi) is 3.88. The average Bonchev–Trinajstić information content (AvgIpc) is 3.46. The molecule has 29 heavy (non-hydrogen) atoms. The van der Waals surface area contributed by atoms with E-state index in [-0.39, 0.29) is 10.8 Å². The monoisotopic (exact) mass is 405 g/mol. The summed E-state index contributed by atoms with van der Waals surface area (Å²) in [4.78, 5) is 22.5. The Balaban J connectivity index is 1.23. The van der Waals surface area contributed by atoms with Gasteiger partial charge in [0.05, 0.1) is 17.6 Å². The van der Waals surface area contributed by atoms with Gasteiger partial charge in [0.2, 0.25) is 5.91 Å². The molecular formula is C22H23N5OS. The first kappa shape index (κ1) is 17.3. The van der Waals surface area contributed by atoms with Crippen molar-refractivity contribution in [2.45, 2.75) is 41.8 Å². The summed E-state index contributed by atoms with van der Waals surface area (Å²) in [5.41, 5.74) is 2.14. The lowest BCUT2D eigenvalue weighted by molar-refractivity contribution is -0.134. The molecule has 2 aromatic heterocycles. The molecular weight excluding hydrogens is 382 g/mol. The number of amides is 1. The fourth-order valence-electron chi connectivity index (χ4n) is 5.21. The van der Waals surface area contributed by atoms with Gasteiger partial charge in [-0.1, -0.05) is 30.3 Å². The summed E-state index contributed by atoms with van der Waals surface area (Å²) >= 11 is 1.93. The molecule has 148 valence electrons. The number of carbonyl (C=O) groups excluding carboxylic acids is 1. The Hall–Kier alpha value is -2.54. The number of aromatic nitrogens is 3. The molecule has 0 radical (unpaired) electrons. The van der Waals surface area contributed by atoms with Crippen LogP contribution >= 0.6 is 11.8 Å². The van der Waals surface area contributed by atoms with Gasteiger partial charge in [-0.05, 0) is 37.3 Å². The Labute approximate surface area is 173 Å². The molecule has 3 aromatic rings. The van der Waals surface area contributed by atoms with E-state index >= 15 is 0 Å². The van der Waals surface area contributed by atoms with E-state index in [1.165, 1.54) is 5.56 Å². The fraction of sp³-hybridized carbons (Fsp3) is 0.409. The highest BCUT2D eigenvalue weighted by Crippen LogP contribution is 2.55. The summed E-state index contributed by atoms with van der Waals surface area (Å²) in [6.45, 7) is 1.74. The summed E-state index contributed by atoms with van der Waals surface area (Å²) in [5.74, 6) is 1.42. The van der Waals surface area contributed by atoms with Gasteiger partial charge in [-0.15, -0.1) is 11.8 Å². The van der Waals surface area contributed by atoms with E-state index in [4.69, 9.17) is 0 Å². The Morgan fingerprint density at radius 2 is 1.83 bits per heavy atom. The quantitative estimate of drug-likeness (QED) is 0.653. The molecule has 6 nitrogen and oxygen atoms in total. The van der Waals surface area contributed by atoms with E-state index in [0.29, 0.717) is 11.3 Å². The number of fused-ring (bicyclic) bond motifs is 2. The lowest BCUT2D eigenvalue weighted by Crippen LogP contribution is -2.48. The molecule has 0 bridgehead atoms. The predicted octanol–water partition coefficient (Wildman–Crippen LogP) is 3.50. The third-order valence-corrected chi connectivity index (χ3v) is 8.44. The van der Waals surface area contributed by atoms with Crippen LogP contribution in [0, 0.1) is 0 Å². The number of anilines is 1. The number of hydrogen-bond donors (Lipinski definition) is 0. The normalized spacial score (nSPS) is 25.9. The van der Waals surface area contributed by atoms with Gasteiger partial charge < -0.3 is 9.80 Å². The maximum atomic E-state index is 13.6. The summed E-state index contributed by atoms with van der Waals surface area (Å²) < 4.78 is 1.64. The van der Waals surface area contributed by atoms with Crippen LogP contribution in [0.15, 0.2) is 54.9 Å². The van der Waals surface area contributed by atoms with Crippen LogP contribution < -0.4 is 4.90 Å². The Morgan fingerprint density at radius 3 is 2.66 bits per heavy atom. The van der Waals surface area contributed by atoms with Gasteiger partial charge in [0, 0.05) is 25.4 Å². The van der Waals surface area contributed by atoms with Crippen LogP contribution in [-0.2, 0) is 4.79 Å². The van der Waals surface area contributed by atoms with Crippen molar-refractivity contribution in [2.24, 2.45) is 0 Å². The second kappa shape index (κ2) is 6.49. The van der Waals surface area contributed by atoms with Crippen molar-refractivity contribution in [1.29, 1.82) is 0 Å². The molecule has 1 aromatic carbocycles. The largest absolute Gasteiger partial charge is 0.356 e. The van der Waals surface area contributed by atoms with Gasteiger partial charge in [-0.25, -0.2) is 4.98 Å². The van der Waals surface area contributed by atoms with Crippen molar-refractivity contribution in [1.82, 2.24) is 19.5 Å². The molecule has 2 atom stereocenters. The van der Waals surface area contributed by atoms with Crippen molar-refractivity contribution in [3.63, 3.8) is 0 Å². The number of piperidine rings is 1. The van der Waals surface area contributed by atoms with Gasteiger partial charge in [0.15, 0.2) is 5.65 Å². The number of thioether (sulfide) groups is 1. The lowest BCUT2D eigenvalue weighted by atomic mass is 9.93. The number of carbonyl (C=O) groups is 1. The Bertz CT molecular complexity index is 1060. The Morgan fingerprint density at radius 1 is 1.00 bits per heavy atom. The minimum absolute atomic E-state index is 0.238. The van der Waals surface area contributed by atoms with Crippen LogP contribution in [0.5, 0.6) is 0 Å². The number of benzene rings is 1. The highest BCUT2D eigenvalue weighted by molar-refractivity contribution is 8.02. The van der Waals surface area contributed by atoms with Crippen LogP contribution in [0.2, 0.25) is 0 Å². The molecule has 5 heterocycles. The first-order valence-electron chi connectivity index (χ1n) is 10.3. The van der Waals surface area contributed by atoms with E-state index in [2.05, 4.69) is 44.1 Å². The molecule has 3 saturated heterocycles. The number of nitrogens with zero attached hydrogens (tertiary/aromatic N) is 5. The average molecular weight is 406 g/mol. The zero-order chi connectivity index (χ0) is 19.4. The standard InChI is InChI=1S/C22H23N5OS/c28-21-22(29-20-7-6-17(26(20)21)16-4-2-1-3-5-16)10-14-25(15-11-22)19-9-12-23-18-8-13-24-27(18)19/h1-5,8-9,12-13,17,20H,6-7,10-11,14-15H2. The van der Waals surface area contributed by atoms with Crippen LogP contribution in [-0.4, -0.2) is 48.6 Å². The van der Waals surface area contributed by atoms with Crippen LogP contribution in [0.25, 0.3) is 5.65 Å². The van der Waals surface area contributed by atoms with E-state index in [9.17, 15) is 4.79 Å². The smallest absolute Gasteiger partial charge is 0.240 e. The van der Waals surface area contributed by atoms with Gasteiger partial charge in [-0.2, -0.15) is 9.61 Å². The van der Waals surface area contributed by atoms with Crippen molar-refractivity contribution in [3.05, 3.63) is 60.4 Å². The molecule has 3 aliphatic heterocycles. The van der Waals surface area contributed by atoms with Gasteiger partial charge in [0.25, 0.3) is 0 Å². The van der Waals surface area contributed by atoms with E-state index < -0.39 is 0 Å². The molecule has 3 fully saturated rings. The van der Waals surface area contributed by atoms with Gasteiger partial charge >= 0.3 is 0 Å². The van der Waals surface area contributed by atoms with E-state index in [0.717, 1.165) is 50.2 Å². The maximum Gasteiger partial charge on any atom is 0.240 e. The van der Waals surface area contributed by atoms with Crippen molar-refractivity contribution in [3.8, 4) is 0 Å². The number of rotatable bonds is 2. The van der Waals surface area contributed by atoms with Crippen molar-refractivity contribution < 1.29 is 4.79 Å². The molecule has 6 rings (SSSR count). The molecule has 3 aliphatic rings. The molecule has 0 aliphatic carbocycles. The first-order valence-corrected chi connectivity index (χ1v) is 11.2. The van der Waals surface area contributed by atoms with Crippen LogP contribution in [0.1, 0.15) is 37.3 Å². The van der Waals surface area contributed by atoms with E-state index in [1.54, 1.807) is 6.20 Å². The summed E-state index contributed by atoms with van der Waals surface area (Å²) in [6, 6.07) is 14.7. The van der Waals surface area contributed by atoms with Gasteiger partial charge in [0.1, 0.15) is 10.6 Å². The number of hydrogen-bond acceptors (Lipinski definition) is 5. The van der Waals surface area contributed by atoms with Crippen LogP contribution in [0.3, 0.4) is 0 Å². The molecule has 0 saturated carbocycles. The van der Waals surface area contributed by atoms with Crippen molar-refractivity contribution >= 4 is 29.1 Å². The highest BCUT2D eigenvalue weighted by Gasteiger charge is 2.57. The molecule has 1 spiro atoms. The third-order valence-electron chi connectivity index (χ3n) is 6.67. The van der Waals surface area contributed by atoms with Crippen molar-refractivity contribution in [2.75, 3.05) is 18.0 Å². The third kappa shape index (κ3) is 2.60. The molecule has 7 heteroatoms. The summed E-state index contributed by atoms with van der Waals surface area (Å²) in [5, 5.41) is 4.75. The SMILES string of the molecule is O=C1N2C(CCC2c2ccccc2)SC12CCN(c1ccnc3ccnn13)CC2. The predicted molar refractivity (Wildman–Crippen MR) is 114 cm³/mol. The topological polar surface area (TPSA) is 53.7 Å². The second-order valence-corrected chi connectivity index (χ2v) is 9.74. The van der Waals surface area contributed by atoms with Gasteiger partial charge in [-0.3, -0.25) is 4.79 Å². The zero-order valence-corrected chi connectivity index (χ0v) is 17.0.